The van der Waals surface area contributed by atoms with E-state index in [9.17, 15) is 0 Å². The number of hydrogen-bond donors (Lipinski definition) is 0. The van der Waals surface area contributed by atoms with Crippen LogP contribution in [0.4, 0.5) is 0 Å². The van der Waals surface area contributed by atoms with Crippen molar-refractivity contribution in [1.82, 2.24) is 0 Å². The molecule has 0 atom stereocenters. The van der Waals surface area contributed by atoms with Crippen LogP contribution in [-0.2, 0) is 4.74 Å². The standard InChI is InChI=1S/C7H16.C6H14O.CH4/c2*1-3-5-7-6-4-2;/h3-7H2,1-2H3;3-6H2,1-2H3;1H4. The Balaban J connectivity index is -0.000000180. The summed E-state index contributed by atoms with van der Waals surface area (Å²) in [4.78, 5) is 0. The minimum atomic E-state index is 0. The summed E-state index contributed by atoms with van der Waals surface area (Å²) in [7, 11) is 0. The molecule has 0 spiro atoms. The maximum absolute atomic E-state index is 5.13. The lowest BCUT2D eigenvalue weighted by Crippen LogP contribution is -1.92. The smallest absolute Gasteiger partial charge is 0.0463 e. The van der Waals surface area contributed by atoms with Crippen molar-refractivity contribution in [3.63, 3.8) is 0 Å². The van der Waals surface area contributed by atoms with Crippen LogP contribution in [0.3, 0.4) is 0 Å². The van der Waals surface area contributed by atoms with E-state index in [1.807, 2.05) is 0 Å². The Bertz CT molecular complexity index is 53.7. The molecule has 0 rings (SSSR count). The van der Waals surface area contributed by atoms with E-state index in [-0.39, 0.29) is 7.43 Å². The maximum atomic E-state index is 5.13. The molecule has 0 aliphatic rings. The van der Waals surface area contributed by atoms with Gasteiger partial charge in [-0.25, -0.2) is 0 Å². The molecule has 1 heteroatoms. The van der Waals surface area contributed by atoms with Crippen LogP contribution < -0.4 is 0 Å². The second kappa shape index (κ2) is 23.6. The zero-order valence-corrected chi connectivity index (χ0v) is 10.8. The lowest BCUT2D eigenvalue weighted by Gasteiger charge is -1.95. The van der Waals surface area contributed by atoms with E-state index in [0.717, 1.165) is 26.1 Å². The van der Waals surface area contributed by atoms with Gasteiger partial charge in [-0.1, -0.05) is 67.2 Å². The van der Waals surface area contributed by atoms with E-state index in [1.165, 1.54) is 32.1 Å². The molecule has 0 fully saturated rings. The van der Waals surface area contributed by atoms with Gasteiger partial charge in [-0.3, -0.25) is 0 Å². The number of rotatable bonds is 8. The van der Waals surface area contributed by atoms with Crippen LogP contribution in [0.25, 0.3) is 0 Å². The Morgan fingerprint density at radius 2 is 1.00 bits per heavy atom. The summed E-state index contributed by atoms with van der Waals surface area (Å²) in [5.74, 6) is 0. The van der Waals surface area contributed by atoms with Gasteiger partial charge < -0.3 is 4.74 Å². The van der Waals surface area contributed by atoms with Crippen molar-refractivity contribution >= 4 is 0 Å². The van der Waals surface area contributed by atoms with Gasteiger partial charge in [0.1, 0.15) is 0 Å². The van der Waals surface area contributed by atoms with E-state index >= 15 is 0 Å². The first-order valence-electron chi connectivity index (χ1n) is 6.41. The fraction of sp³-hybridized carbons (Fsp3) is 1.00. The molecule has 0 saturated heterocycles. The molecule has 0 amide bonds. The van der Waals surface area contributed by atoms with Crippen molar-refractivity contribution in [1.29, 1.82) is 0 Å². The fourth-order valence-corrected chi connectivity index (χ4v) is 1.07. The van der Waals surface area contributed by atoms with Gasteiger partial charge in [-0.05, 0) is 12.8 Å². The summed E-state index contributed by atoms with van der Waals surface area (Å²) in [6.07, 6.45) is 9.29. The average Bonchev–Trinajstić information content (AvgIpc) is 2.21. The molecule has 1 nitrogen and oxygen atoms in total. The largest absolute Gasteiger partial charge is 0.381 e. The monoisotopic (exact) mass is 218 g/mol. The molecule has 0 aromatic heterocycles. The normalized spacial score (nSPS) is 8.80. The van der Waals surface area contributed by atoms with E-state index in [2.05, 4.69) is 27.7 Å². The second-order valence-corrected chi connectivity index (χ2v) is 3.67. The molecule has 0 radical (unpaired) electrons. The van der Waals surface area contributed by atoms with Crippen LogP contribution in [0.2, 0.25) is 0 Å². The Morgan fingerprint density at radius 3 is 1.27 bits per heavy atom. The minimum Gasteiger partial charge on any atom is -0.381 e. The zero-order valence-electron chi connectivity index (χ0n) is 10.8. The number of hydrogen-bond acceptors (Lipinski definition) is 1. The molecule has 0 aromatic rings. The first-order chi connectivity index (χ1) is 6.83. The molecular formula is C14H34O. The van der Waals surface area contributed by atoms with Crippen LogP contribution in [0.1, 0.15) is 80.1 Å². The molecular weight excluding hydrogens is 184 g/mol. The SMILES string of the molecule is C.CCCCCCC.CCCOCCC. The van der Waals surface area contributed by atoms with Crippen molar-refractivity contribution in [2.24, 2.45) is 0 Å². The van der Waals surface area contributed by atoms with Gasteiger partial charge in [0.15, 0.2) is 0 Å². The van der Waals surface area contributed by atoms with Crippen molar-refractivity contribution in [3.8, 4) is 0 Å². The highest BCUT2D eigenvalue weighted by Crippen LogP contribution is 2.00. The lowest BCUT2D eigenvalue weighted by atomic mass is 10.2. The third-order valence-electron chi connectivity index (χ3n) is 1.90. The predicted molar refractivity (Wildman–Crippen MR) is 72.6 cm³/mol. The predicted octanol–water partition coefficient (Wildman–Crippen LogP) is 5.44. The Kier molecular flexibility index (Phi) is 32.1. The van der Waals surface area contributed by atoms with Gasteiger partial charge in [0.05, 0.1) is 0 Å². The summed E-state index contributed by atoms with van der Waals surface area (Å²) in [5, 5.41) is 0. The fourth-order valence-electron chi connectivity index (χ4n) is 1.07. The van der Waals surface area contributed by atoms with Gasteiger partial charge in [-0.2, -0.15) is 0 Å². The van der Waals surface area contributed by atoms with Crippen LogP contribution in [0, 0.1) is 0 Å². The highest BCUT2D eigenvalue weighted by molar-refractivity contribution is 4.35. The molecule has 0 bridgehead atoms. The third-order valence-corrected chi connectivity index (χ3v) is 1.90. The molecule has 0 N–H and O–H groups in total. The van der Waals surface area contributed by atoms with Crippen molar-refractivity contribution < 1.29 is 4.74 Å². The summed E-state index contributed by atoms with van der Waals surface area (Å²) in [6, 6.07) is 0. The topological polar surface area (TPSA) is 9.23 Å². The maximum Gasteiger partial charge on any atom is 0.0463 e. The van der Waals surface area contributed by atoms with Gasteiger partial charge >= 0.3 is 0 Å². The molecule has 0 aliphatic heterocycles. The first-order valence-corrected chi connectivity index (χ1v) is 6.41. The molecule has 0 heterocycles. The zero-order chi connectivity index (χ0) is 11.1. The van der Waals surface area contributed by atoms with Crippen molar-refractivity contribution in [2.45, 2.75) is 80.1 Å². The summed E-state index contributed by atoms with van der Waals surface area (Å²) in [5.41, 5.74) is 0. The molecule has 0 unspecified atom stereocenters. The Labute approximate surface area is 98.6 Å². The Hall–Kier alpha value is -0.0400. The highest BCUT2D eigenvalue weighted by atomic mass is 16.5. The van der Waals surface area contributed by atoms with E-state index in [1.54, 1.807) is 0 Å². The molecule has 0 aromatic carbocycles. The molecule has 0 aliphatic carbocycles. The van der Waals surface area contributed by atoms with Crippen LogP contribution in [0.15, 0.2) is 0 Å². The molecule has 0 saturated carbocycles. The van der Waals surface area contributed by atoms with Crippen LogP contribution >= 0.6 is 0 Å². The summed E-state index contributed by atoms with van der Waals surface area (Å²) < 4.78 is 5.13. The second-order valence-electron chi connectivity index (χ2n) is 3.67. The first kappa shape index (κ1) is 20.4. The van der Waals surface area contributed by atoms with Crippen molar-refractivity contribution in [3.05, 3.63) is 0 Å². The van der Waals surface area contributed by atoms with Gasteiger partial charge in [0.2, 0.25) is 0 Å². The quantitative estimate of drug-likeness (QED) is 0.493. The Morgan fingerprint density at radius 1 is 0.600 bits per heavy atom. The van der Waals surface area contributed by atoms with Crippen LogP contribution in [0.5, 0.6) is 0 Å². The highest BCUT2D eigenvalue weighted by Gasteiger charge is 1.80. The molecule has 15 heavy (non-hydrogen) atoms. The van der Waals surface area contributed by atoms with E-state index < -0.39 is 0 Å². The third kappa shape index (κ3) is 31.5. The average molecular weight is 218 g/mol. The number of ether oxygens (including phenoxy) is 1. The lowest BCUT2D eigenvalue weighted by molar-refractivity contribution is 0.135. The summed E-state index contributed by atoms with van der Waals surface area (Å²) in [6.45, 7) is 10.6. The minimum absolute atomic E-state index is 0. The molecule has 96 valence electrons. The van der Waals surface area contributed by atoms with Crippen molar-refractivity contribution in [2.75, 3.05) is 13.2 Å². The van der Waals surface area contributed by atoms with Gasteiger partial charge in [0, 0.05) is 13.2 Å². The van der Waals surface area contributed by atoms with E-state index in [0.29, 0.717) is 0 Å². The van der Waals surface area contributed by atoms with Gasteiger partial charge in [-0.15, -0.1) is 0 Å². The number of unbranched alkanes of at least 4 members (excludes halogenated alkanes) is 4. The van der Waals surface area contributed by atoms with E-state index in [4.69, 9.17) is 4.74 Å². The summed E-state index contributed by atoms with van der Waals surface area (Å²) >= 11 is 0. The van der Waals surface area contributed by atoms with Crippen LogP contribution in [-0.4, -0.2) is 13.2 Å². The van der Waals surface area contributed by atoms with Gasteiger partial charge in [0.25, 0.3) is 0 Å².